The molecule has 1 aromatic carbocycles. The fourth-order valence-corrected chi connectivity index (χ4v) is 4.10. The number of rotatable bonds is 8. The number of carbonyl (C=O) groups excluding carboxylic acids is 2. The van der Waals surface area contributed by atoms with Gasteiger partial charge in [-0.15, -0.1) is 0 Å². The second-order valence-electron chi connectivity index (χ2n) is 7.81. The Morgan fingerprint density at radius 1 is 1.24 bits per heavy atom. The summed E-state index contributed by atoms with van der Waals surface area (Å²) in [5.74, 6) is -0.964. The molecule has 0 spiro atoms. The summed E-state index contributed by atoms with van der Waals surface area (Å²) in [5, 5.41) is 14.6. The molecule has 2 aliphatic heterocycles. The minimum Gasteiger partial charge on any atom is -0.431 e. The first-order chi connectivity index (χ1) is 16.5. The first kappa shape index (κ1) is 23.2. The van der Waals surface area contributed by atoms with E-state index in [0.29, 0.717) is 51.4 Å². The van der Waals surface area contributed by atoms with Crippen molar-refractivity contribution < 1.29 is 24.0 Å². The van der Waals surface area contributed by atoms with Crippen molar-refractivity contribution in [1.29, 1.82) is 0 Å². The van der Waals surface area contributed by atoms with Crippen molar-refractivity contribution in [1.82, 2.24) is 15.3 Å². The zero-order valence-corrected chi connectivity index (χ0v) is 18.4. The minimum absolute atomic E-state index is 0.0180. The average Bonchev–Trinajstić information content (AvgIpc) is 3.33. The number of nitrogens with two attached hydrogens (primary N) is 1. The van der Waals surface area contributed by atoms with Crippen LogP contribution in [0.5, 0.6) is 11.6 Å². The smallest absolute Gasteiger partial charge is 0.373 e. The molecule has 13 nitrogen and oxygen atoms in total. The molecule has 1 aromatic heterocycles. The Hall–Kier alpha value is -4.00. The van der Waals surface area contributed by atoms with Crippen molar-refractivity contribution in [2.24, 2.45) is 5.73 Å². The van der Waals surface area contributed by atoms with Gasteiger partial charge in [-0.1, -0.05) is 12.1 Å². The van der Waals surface area contributed by atoms with Gasteiger partial charge in [-0.3, -0.25) is 19.7 Å². The second-order valence-corrected chi connectivity index (χ2v) is 7.81. The van der Waals surface area contributed by atoms with E-state index in [9.17, 15) is 19.7 Å². The quantitative estimate of drug-likeness (QED) is 0.411. The molecule has 2 fully saturated rings. The van der Waals surface area contributed by atoms with Gasteiger partial charge in [0.2, 0.25) is 17.6 Å². The van der Waals surface area contributed by atoms with E-state index in [1.807, 2.05) is 12.1 Å². The van der Waals surface area contributed by atoms with Crippen molar-refractivity contribution >= 4 is 29.0 Å². The minimum atomic E-state index is -0.735. The number of hydrogen-bond donors (Lipinski definition) is 2. The van der Waals surface area contributed by atoms with Crippen LogP contribution in [0.15, 0.2) is 30.6 Å². The van der Waals surface area contributed by atoms with Crippen molar-refractivity contribution in [2.75, 3.05) is 49.2 Å². The van der Waals surface area contributed by atoms with E-state index in [1.54, 1.807) is 12.1 Å². The molecule has 3 heterocycles. The fourth-order valence-electron chi connectivity index (χ4n) is 4.10. The Bertz CT molecular complexity index is 1080. The molecule has 0 saturated carbocycles. The molecule has 3 N–H and O–H groups in total. The van der Waals surface area contributed by atoms with Crippen LogP contribution in [0.4, 0.5) is 17.2 Å². The predicted octanol–water partition coefficient (Wildman–Crippen LogP) is 0.584. The summed E-state index contributed by atoms with van der Waals surface area (Å²) in [6.07, 6.45) is 2.24. The maximum absolute atomic E-state index is 12.6. The predicted molar refractivity (Wildman–Crippen MR) is 121 cm³/mol. The lowest BCUT2D eigenvalue weighted by atomic mass is 10.2. The number of anilines is 2. The Morgan fingerprint density at radius 2 is 2.00 bits per heavy atom. The number of aromatic nitrogens is 2. The van der Waals surface area contributed by atoms with Crippen molar-refractivity contribution in [3.63, 3.8) is 0 Å². The van der Waals surface area contributed by atoms with Gasteiger partial charge in [0, 0.05) is 19.6 Å². The third kappa shape index (κ3) is 4.98. The summed E-state index contributed by atoms with van der Waals surface area (Å²) in [4.78, 5) is 46.9. The molecule has 2 aliphatic rings. The molecule has 34 heavy (non-hydrogen) atoms. The number of carbonyl (C=O) groups is 2. The normalized spacial score (nSPS) is 17.9. The third-order valence-corrected chi connectivity index (χ3v) is 5.64. The fraction of sp³-hybridized carbons (Fsp3) is 0.429. The van der Waals surface area contributed by atoms with E-state index in [-0.39, 0.29) is 18.2 Å². The number of nitro groups is 1. The number of benzene rings is 1. The maximum Gasteiger partial charge on any atom is 0.373 e. The van der Waals surface area contributed by atoms with Crippen LogP contribution < -0.4 is 25.6 Å². The summed E-state index contributed by atoms with van der Waals surface area (Å²) >= 11 is 0. The van der Waals surface area contributed by atoms with Gasteiger partial charge in [0.25, 0.3) is 0 Å². The monoisotopic (exact) mass is 471 g/mol. The van der Waals surface area contributed by atoms with Crippen LogP contribution in [0.3, 0.4) is 0 Å². The topological polar surface area (TPSA) is 166 Å². The van der Waals surface area contributed by atoms with Gasteiger partial charge in [0.05, 0.1) is 30.4 Å². The highest BCUT2D eigenvalue weighted by atomic mass is 16.6. The van der Waals surface area contributed by atoms with Gasteiger partial charge < -0.3 is 30.3 Å². The number of amides is 2. The van der Waals surface area contributed by atoms with Gasteiger partial charge in [0.1, 0.15) is 12.4 Å². The van der Waals surface area contributed by atoms with E-state index in [2.05, 4.69) is 20.2 Å². The van der Waals surface area contributed by atoms with Gasteiger partial charge in [-0.25, -0.2) is 4.98 Å². The zero-order valence-electron chi connectivity index (χ0n) is 18.4. The average molecular weight is 471 g/mol. The summed E-state index contributed by atoms with van der Waals surface area (Å²) in [7, 11) is 0. The second kappa shape index (κ2) is 10.3. The highest BCUT2D eigenvalue weighted by Gasteiger charge is 2.38. The van der Waals surface area contributed by atoms with E-state index in [1.165, 1.54) is 11.2 Å². The molecule has 2 amide bonds. The van der Waals surface area contributed by atoms with Crippen LogP contribution in [-0.4, -0.2) is 72.1 Å². The zero-order chi connectivity index (χ0) is 24.1. The lowest BCUT2D eigenvalue weighted by molar-refractivity contribution is -0.385. The SMILES string of the molecule is NC(=O)CNC(=O)C1CCCN1c1ncnc(Oc2ccccc2N2CCOCC2)c1[N+](=O)[O-]. The molecule has 4 rings (SSSR count). The first-order valence-electron chi connectivity index (χ1n) is 10.9. The molecule has 2 saturated heterocycles. The van der Waals surface area contributed by atoms with Crippen molar-refractivity contribution in [3.05, 3.63) is 40.7 Å². The summed E-state index contributed by atoms with van der Waals surface area (Å²) in [5.41, 5.74) is 5.44. The summed E-state index contributed by atoms with van der Waals surface area (Å²) < 4.78 is 11.4. The summed E-state index contributed by atoms with van der Waals surface area (Å²) in [6, 6.07) is 6.48. The Kier molecular flexibility index (Phi) is 7.01. The highest BCUT2D eigenvalue weighted by Crippen LogP contribution is 2.41. The number of morpholine rings is 1. The van der Waals surface area contributed by atoms with Gasteiger partial charge >= 0.3 is 11.6 Å². The van der Waals surface area contributed by atoms with Gasteiger partial charge in [-0.05, 0) is 25.0 Å². The molecule has 180 valence electrons. The van der Waals surface area contributed by atoms with Crippen LogP contribution in [0.25, 0.3) is 0 Å². The Labute approximate surface area is 195 Å². The first-order valence-corrected chi connectivity index (χ1v) is 10.9. The van der Waals surface area contributed by atoms with Crippen molar-refractivity contribution in [2.45, 2.75) is 18.9 Å². The molecule has 0 bridgehead atoms. The number of nitrogens with zero attached hydrogens (tertiary/aromatic N) is 5. The summed E-state index contributed by atoms with van der Waals surface area (Å²) in [6.45, 7) is 2.51. The Balaban J connectivity index is 1.65. The molecule has 0 aliphatic carbocycles. The van der Waals surface area contributed by atoms with Crippen LogP contribution in [0.1, 0.15) is 12.8 Å². The van der Waals surface area contributed by atoms with E-state index in [0.717, 1.165) is 5.69 Å². The number of para-hydroxylation sites is 2. The highest BCUT2D eigenvalue weighted by molar-refractivity contribution is 5.89. The van der Waals surface area contributed by atoms with Crippen LogP contribution >= 0.6 is 0 Å². The number of nitrogens with one attached hydrogen (secondary N) is 1. The molecule has 0 radical (unpaired) electrons. The number of hydrogen-bond acceptors (Lipinski definition) is 10. The lowest BCUT2D eigenvalue weighted by Gasteiger charge is -2.30. The maximum atomic E-state index is 12.6. The Morgan fingerprint density at radius 3 is 2.74 bits per heavy atom. The molecule has 1 unspecified atom stereocenters. The largest absolute Gasteiger partial charge is 0.431 e. The van der Waals surface area contributed by atoms with E-state index in [4.69, 9.17) is 15.2 Å². The number of primary amides is 1. The molecular formula is C21H25N7O6. The molecule has 2 aromatic rings. The van der Waals surface area contributed by atoms with Gasteiger partial charge in [0.15, 0.2) is 5.75 Å². The van der Waals surface area contributed by atoms with Crippen LogP contribution in [0, 0.1) is 10.1 Å². The molecular weight excluding hydrogens is 446 g/mol. The standard InChI is InChI=1S/C21H25N7O6/c22-17(29)12-23-20(30)15-5-3-7-27(15)19-18(28(31)32)21(25-13-24-19)34-16-6-2-1-4-14(16)26-8-10-33-11-9-26/h1-2,4,6,13,15H,3,5,7-12H2,(H2,22,29)(H,23,30). The third-order valence-electron chi connectivity index (χ3n) is 5.64. The van der Waals surface area contributed by atoms with E-state index >= 15 is 0 Å². The van der Waals surface area contributed by atoms with Crippen molar-refractivity contribution in [3.8, 4) is 11.6 Å². The van der Waals surface area contributed by atoms with Crippen LogP contribution in [-0.2, 0) is 14.3 Å². The van der Waals surface area contributed by atoms with Crippen LogP contribution in [0.2, 0.25) is 0 Å². The van der Waals surface area contributed by atoms with Gasteiger partial charge in [-0.2, -0.15) is 4.98 Å². The molecule has 13 heteroatoms. The lowest BCUT2D eigenvalue weighted by Crippen LogP contribution is -2.46. The molecule has 1 atom stereocenters. The number of ether oxygens (including phenoxy) is 2. The van der Waals surface area contributed by atoms with E-state index < -0.39 is 28.5 Å².